The van der Waals surface area contributed by atoms with Crippen LogP contribution in [0.15, 0.2) is 48.5 Å². The zero-order valence-electron chi connectivity index (χ0n) is 13.7. The summed E-state index contributed by atoms with van der Waals surface area (Å²) in [5.41, 5.74) is 4.49. The summed E-state index contributed by atoms with van der Waals surface area (Å²) < 4.78 is 26.2. The number of nitrogens with zero attached hydrogens (tertiary/aromatic N) is 3. The van der Waals surface area contributed by atoms with Gasteiger partial charge in [-0.25, -0.2) is 8.78 Å². The normalized spacial score (nSPS) is 19.9. The molecule has 26 heavy (non-hydrogen) atoms. The highest BCUT2D eigenvalue weighted by atomic mass is 19.1. The van der Waals surface area contributed by atoms with Gasteiger partial charge in [-0.05, 0) is 42.0 Å². The van der Waals surface area contributed by atoms with Crippen molar-refractivity contribution in [3.8, 4) is 0 Å². The molecule has 2 aliphatic heterocycles. The van der Waals surface area contributed by atoms with Crippen molar-refractivity contribution < 1.29 is 18.4 Å². The molecule has 1 atom stereocenters. The van der Waals surface area contributed by atoms with E-state index in [1.807, 2.05) is 4.90 Å². The van der Waals surface area contributed by atoms with Gasteiger partial charge < -0.3 is 4.90 Å². The van der Waals surface area contributed by atoms with Crippen LogP contribution in [0.25, 0.3) is 0 Å². The van der Waals surface area contributed by atoms with E-state index < -0.39 is 18.1 Å². The van der Waals surface area contributed by atoms with Gasteiger partial charge in [-0.2, -0.15) is 5.43 Å². The highest BCUT2D eigenvalue weighted by molar-refractivity contribution is 6.35. The zero-order chi connectivity index (χ0) is 18.3. The molecule has 2 fully saturated rings. The molecule has 0 aromatic heterocycles. The molecule has 4 rings (SSSR count). The SMILES string of the molecule is O=C1C(=O)N2CCN(c3ccc(F)cc3)C2NN1Cc1ccc(F)cc1. The number of halogens is 2. The number of carbonyl (C=O) groups excluding carboxylic acids is 2. The lowest BCUT2D eigenvalue weighted by molar-refractivity contribution is -0.163. The van der Waals surface area contributed by atoms with Gasteiger partial charge in [0.2, 0.25) is 0 Å². The second-order valence-electron chi connectivity index (χ2n) is 6.19. The van der Waals surface area contributed by atoms with E-state index in [4.69, 9.17) is 0 Å². The van der Waals surface area contributed by atoms with Crippen LogP contribution in [0.4, 0.5) is 14.5 Å². The maximum atomic E-state index is 13.2. The fraction of sp³-hybridized carbons (Fsp3) is 0.222. The Kier molecular flexibility index (Phi) is 4.04. The van der Waals surface area contributed by atoms with Crippen LogP contribution in [0.2, 0.25) is 0 Å². The van der Waals surface area contributed by atoms with Gasteiger partial charge in [-0.3, -0.25) is 19.5 Å². The third-order valence-corrected chi connectivity index (χ3v) is 4.54. The third kappa shape index (κ3) is 2.88. The van der Waals surface area contributed by atoms with E-state index in [2.05, 4.69) is 5.43 Å². The number of carbonyl (C=O) groups is 2. The second-order valence-corrected chi connectivity index (χ2v) is 6.19. The Morgan fingerprint density at radius 3 is 2.08 bits per heavy atom. The summed E-state index contributed by atoms with van der Waals surface area (Å²) in [6.07, 6.45) is -0.536. The molecule has 2 saturated heterocycles. The summed E-state index contributed by atoms with van der Waals surface area (Å²) in [6, 6.07) is 11.7. The molecule has 1 N–H and O–H groups in total. The van der Waals surface area contributed by atoms with Gasteiger partial charge in [0.1, 0.15) is 11.6 Å². The van der Waals surface area contributed by atoms with Crippen molar-refractivity contribution in [3.05, 3.63) is 65.7 Å². The maximum absolute atomic E-state index is 13.2. The fourth-order valence-corrected chi connectivity index (χ4v) is 3.21. The first-order chi connectivity index (χ1) is 12.5. The lowest BCUT2D eigenvalue weighted by atomic mass is 10.2. The number of hydrazine groups is 1. The van der Waals surface area contributed by atoms with E-state index in [0.29, 0.717) is 18.7 Å². The van der Waals surface area contributed by atoms with Crippen LogP contribution in [-0.2, 0) is 16.1 Å². The Balaban J connectivity index is 1.57. The van der Waals surface area contributed by atoms with E-state index in [1.54, 1.807) is 24.3 Å². The van der Waals surface area contributed by atoms with E-state index in [1.165, 1.54) is 34.2 Å². The summed E-state index contributed by atoms with van der Waals surface area (Å²) in [6.45, 7) is 1.04. The number of hydrogen-bond donors (Lipinski definition) is 1. The fourth-order valence-electron chi connectivity index (χ4n) is 3.21. The van der Waals surface area contributed by atoms with Crippen molar-refractivity contribution in [2.75, 3.05) is 18.0 Å². The zero-order valence-corrected chi connectivity index (χ0v) is 13.7. The molecular weight excluding hydrogens is 342 g/mol. The average molecular weight is 358 g/mol. The van der Waals surface area contributed by atoms with Gasteiger partial charge in [0, 0.05) is 18.8 Å². The van der Waals surface area contributed by atoms with Gasteiger partial charge in [0.25, 0.3) is 0 Å². The molecule has 2 heterocycles. The van der Waals surface area contributed by atoms with Gasteiger partial charge in [0.15, 0.2) is 6.29 Å². The number of rotatable bonds is 3. The summed E-state index contributed by atoms with van der Waals surface area (Å²) in [7, 11) is 0. The van der Waals surface area contributed by atoms with Crippen LogP contribution >= 0.6 is 0 Å². The Morgan fingerprint density at radius 1 is 0.846 bits per heavy atom. The highest BCUT2D eigenvalue weighted by Crippen LogP contribution is 2.25. The topological polar surface area (TPSA) is 55.9 Å². The molecule has 134 valence electrons. The number of anilines is 1. The van der Waals surface area contributed by atoms with Gasteiger partial charge in [0.05, 0.1) is 6.54 Å². The lowest BCUT2D eigenvalue weighted by Crippen LogP contribution is -2.67. The van der Waals surface area contributed by atoms with Crippen molar-refractivity contribution in [2.45, 2.75) is 12.8 Å². The average Bonchev–Trinajstić information content (AvgIpc) is 3.06. The van der Waals surface area contributed by atoms with Crippen molar-refractivity contribution in [1.29, 1.82) is 0 Å². The van der Waals surface area contributed by atoms with Crippen molar-refractivity contribution in [2.24, 2.45) is 0 Å². The minimum atomic E-state index is -0.661. The van der Waals surface area contributed by atoms with E-state index in [0.717, 1.165) is 5.69 Å². The summed E-state index contributed by atoms with van der Waals surface area (Å²) >= 11 is 0. The number of nitrogens with one attached hydrogen (secondary N) is 1. The molecule has 0 saturated carbocycles. The molecule has 0 aliphatic carbocycles. The Labute approximate surface area is 148 Å². The first-order valence-electron chi connectivity index (χ1n) is 8.18. The summed E-state index contributed by atoms with van der Waals surface area (Å²) in [5.74, 6) is -1.97. The maximum Gasteiger partial charge on any atom is 0.326 e. The predicted molar refractivity (Wildman–Crippen MR) is 89.3 cm³/mol. The highest BCUT2D eigenvalue weighted by Gasteiger charge is 2.45. The molecule has 0 spiro atoms. The molecule has 2 aliphatic rings. The van der Waals surface area contributed by atoms with E-state index >= 15 is 0 Å². The van der Waals surface area contributed by atoms with Crippen LogP contribution in [0.5, 0.6) is 0 Å². The molecule has 2 aromatic carbocycles. The molecular formula is C18H16F2N4O2. The molecule has 2 amide bonds. The van der Waals surface area contributed by atoms with Crippen molar-refractivity contribution in [1.82, 2.24) is 15.3 Å². The van der Waals surface area contributed by atoms with E-state index in [9.17, 15) is 18.4 Å². The van der Waals surface area contributed by atoms with Crippen LogP contribution in [0.3, 0.4) is 0 Å². The number of fused-ring (bicyclic) bond motifs is 1. The largest absolute Gasteiger partial charge is 0.336 e. The van der Waals surface area contributed by atoms with E-state index in [-0.39, 0.29) is 18.2 Å². The molecule has 8 heteroatoms. The molecule has 2 aromatic rings. The summed E-state index contributed by atoms with van der Waals surface area (Å²) in [4.78, 5) is 28.1. The molecule has 6 nitrogen and oxygen atoms in total. The first-order valence-corrected chi connectivity index (χ1v) is 8.18. The predicted octanol–water partition coefficient (Wildman–Crippen LogP) is 1.44. The minimum absolute atomic E-state index is 0.131. The van der Waals surface area contributed by atoms with Crippen LogP contribution in [0, 0.1) is 11.6 Å². The number of amides is 2. The standard InChI is InChI=1S/C18H16F2N4O2/c19-13-3-1-12(2-4-13)11-24-17(26)16(25)23-10-9-22(18(23)21-24)15-7-5-14(20)6-8-15/h1-8,18,21H,9-11H2. The van der Waals surface area contributed by atoms with Crippen LogP contribution < -0.4 is 10.3 Å². The Morgan fingerprint density at radius 2 is 1.42 bits per heavy atom. The third-order valence-electron chi connectivity index (χ3n) is 4.54. The van der Waals surface area contributed by atoms with Gasteiger partial charge in [-0.15, -0.1) is 0 Å². The quantitative estimate of drug-likeness (QED) is 0.844. The van der Waals surface area contributed by atoms with Gasteiger partial charge in [-0.1, -0.05) is 12.1 Å². The Bertz CT molecular complexity index is 841. The first kappa shape index (κ1) is 16.5. The molecule has 0 bridgehead atoms. The summed E-state index contributed by atoms with van der Waals surface area (Å²) in [5, 5.41) is 1.23. The monoisotopic (exact) mass is 358 g/mol. The second kappa shape index (κ2) is 6.38. The minimum Gasteiger partial charge on any atom is -0.336 e. The molecule has 0 radical (unpaired) electrons. The van der Waals surface area contributed by atoms with Crippen LogP contribution in [0.1, 0.15) is 5.56 Å². The van der Waals surface area contributed by atoms with Crippen LogP contribution in [-0.4, -0.2) is 41.1 Å². The lowest BCUT2D eigenvalue weighted by Gasteiger charge is -2.40. The molecule has 1 unspecified atom stereocenters. The Hall–Kier alpha value is -3.00. The van der Waals surface area contributed by atoms with Crippen molar-refractivity contribution in [3.63, 3.8) is 0 Å². The van der Waals surface area contributed by atoms with Gasteiger partial charge >= 0.3 is 11.8 Å². The van der Waals surface area contributed by atoms with Crippen molar-refractivity contribution >= 4 is 17.5 Å². The number of benzene rings is 2. The smallest absolute Gasteiger partial charge is 0.326 e. The number of hydrogen-bond acceptors (Lipinski definition) is 4.